The predicted molar refractivity (Wildman–Crippen MR) is 67.2 cm³/mol. The van der Waals surface area contributed by atoms with Crippen LogP contribution in [-0.2, 0) is 21.2 Å². The summed E-state index contributed by atoms with van der Waals surface area (Å²) in [5, 5.41) is 18.3. The summed E-state index contributed by atoms with van der Waals surface area (Å²) in [6.45, 7) is 1.68. The number of carboxylic acid groups (broad SMARTS) is 1. The largest absolute Gasteiger partial charge is 0.481 e. The van der Waals surface area contributed by atoms with Crippen molar-refractivity contribution in [2.75, 3.05) is 13.1 Å². The van der Waals surface area contributed by atoms with E-state index in [1.807, 2.05) is 0 Å². The summed E-state index contributed by atoms with van der Waals surface area (Å²) in [6, 6.07) is 5.87. The van der Waals surface area contributed by atoms with Gasteiger partial charge in [0.05, 0.1) is 16.9 Å². The van der Waals surface area contributed by atoms with Crippen LogP contribution in [0.5, 0.6) is 0 Å². The summed E-state index contributed by atoms with van der Waals surface area (Å²) >= 11 is 0. The highest BCUT2D eigenvalue weighted by molar-refractivity contribution is 7.89. The predicted octanol–water partition coefficient (Wildman–Crippen LogP) is 0.0690. The molecular formula is C12H15NO5S. The lowest BCUT2D eigenvalue weighted by Crippen LogP contribution is -2.61. The first-order valence-electron chi connectivity index (χ1n) is 5.74. The number of carboxylic acids is 1. The van der Waals surface area contributed by atoms with Gasteiger partial charge in [0.15, 0.2) is 0 Å². The Bertz CT molecular complexity index is 600. The Morgan fingerprint density at radius 3 is 2.58 bits per heavy atom. The quantitative estimate of drug-likeness (QED) is 0.816. The fraction of sp³-hybridized carbons (Fsp3) is 0.417. The van der Waals surface area contributed by atoms with Crippen molar-refractivity contribution < 1.29 is 23.4 Å². The van der Waals surface area contributed by atoms with Gasteiger partial charge >= 0.3 is 5.97 Å². The average Bonchev–Trinajstić information content (AvgIpc) is 2.25. The molecule has 0 bridgehead atoms. The Labute approximate surface area is 111 Å². The van der Waals surface area contributed by atoms with Gasteiger partial charge in [-0.05, 0) is 24.6 Å². The summed E-state index contributed by atoms with van der Waals surface area (Å²) in [5.74, 6) is -1.01. The minimum absolute atomic E-state index is 0.0541. The maximum absolute atomic E-state index is 12.2. The lowest BCUT2D eigenvalue weighted by molar-refractivity contribution is -0.136. The molecule has 0 aromatic heterocycles. The van der Waals surface area contributed by atoms with Gasteiger partial charge in [0.1, 0.15) is 0 Å². The van der Waals surface area contributed by atoms with Crippen LogP contribution in [0.3, 0.4) is 0 Å². The number of hydrogen-bond donors (Lipinski definition) is 2. The van der Waals surface area contributed by atoms with E-state index in [-0.39, 0.29) is 24.4 Å². The highest BCUT2D eigenvalue weighted by Gasteiger charge is 2.43. The molecule has 1 aliphatic heterocycles. The molecule has 19 heavy (non-hydrogen) atoms. The number of hydrogen-bond acceptors (Lipinski definition) is 4. The van der Waals surface area contributed by atoms with E-state index in [1.165, 1.54) is 22.5 Å². The number of aliphatic hydroxyl groups is 1. The van der Waals surface area contributed by atoms with E-state index < -0.39 is 21.6 Å². The number of sulfonamides is 1. The van der Waals surface area contributed by atoms with Crippen LogP contribution < -0.4 is 0 Å². The molecule has 0 radical (unpaired) electrons. The Kier molecular flexibility index (Phi) is 3.38. The summed E-state index contributed by atoms with van der Waals surface area (Å²) in [7, 11) is -3.65. The molecule has 2 N–H and O–H groups in total. The molecule has 1 aliphatic rings. The molecule has 0 unspecified atom stereocenters. The van der Waals surface area contributed by atoms with Crippen molar-refractivity contribution >= 4 is 16.0 Å². The molecule has 104 valence electrons. The lowest BCUT2D eigenvalue weighted by atomic mass is 10.0. The third-order valence-electron chi connectivity index (χ3n) is 2.93. The van der Waals surface area contributed by atoms with E-state index in [0.717, 1.165) is 0 Å². The Hall–Kier alpha value is -1.44. The maximum Gasteiger partial charge on any atom is 0.307 e. The lowest BCUT2D eigenvalue weighted by Gasteiger charge is -2.42. The van der Waals surface area contributed by atoms with Gasteiger partial charge in [0, 0.05) is 13.1 Å². The van der Waals surface area contributed by atoms with Crippen molar-refractivity contribution in [2.24, 2.45) is 0 Å². The van der Waals surface area contributed by atoms with Crippen LogP contribution in [0, 0.1) is 0 Å². The Morgan fingerprint density at radius 2 is 2.05 bits per heavy atom. The van der Waals surface area contributed by atoms with Crippen LogP contribution in [0.4, 0.5) is 0 Å². The minimum Gasteiger partial charge on any atom is -0.481 e. The van der Waals surface area contributed by atoms with Crippen LogP contribution in [-0.4, -0.2) is 47.6 Å². The van der Waals surface area contributed by atoms with Crippen LogP contribution >= 0.6 is 0 Å². The maximum atomic E-state index is 12.2. The van der Waals surface area contributed by atoms with Crippen molar-refractivity contribution in [1.29, 1.82) is 0 Å². The first-order valence-corrected chi connectivity index (χ1v) is 7.18. The molecule has 0 atom stereocenters. The van der Waals surface area contributed by atoms with Gasteiger partial charge in [-0.2, -0.15) is 4.31 Å². The fourth-order valence-corrected chi connectivity index (χ4v) is 3.77. The van der Waals surface area contributed by atoms with Gasteiger partial charge in [-0.15, -0.1) is 0 Å². The molecular weight excluding hydrogens is 270 g/mol. The van der Waals surface area contributed by atoms with Crippen LogP contribution in [0.25, 0.3) is 0 Å². The monoisotopic (exact) mass is 285 g/mol. The molecule has 1 aromatic rings. The summed E-state index contributed by atoms with van der Waals surface area (Å²) in [5.41, 5.74) is -0.549. The SMILES string of the molecule is CC1(O)CN(S(=O)(=O)c2cccc(CC(=O)O)c2)C1. The van der Waals surface area contributed by atoms with Crippen LogP contribution in [0.15, 0.2) is 29.2 Å². The van der Waals surface area contributed by atoms with Crippen molar-refractivity contribution in [3.05, 3.63) is 29.8 Å². The zero-order valence-corrected chi connectivity index (χ0v) is 11.2. The van der Waals surface area contributed by atoms with E-state index in [1.54, 1.807) is 13.0 Å². The molecule has 0 spiro atoms. The number of carbonyl (C=O) groups is 1. The minimum atomic E-state index is -3.65. The normalized spacial score (nSPS) is 18.8. The first-order chi connectivity index (χ1) is 8.71. The zero-order valence-electron chi connectivity index (χ0n) is 10.4. The van der Waals surface area contributed by atoms with E-state index >= 15 is 0 Å². The summed E-state index contributed by atoms with van der Waals surface area (Å²) in [4.78, 5) is 10.7. The molecule has 0 amide bonds. The highest BCUT2D eigenvalue weighted by atomic mass is 32.2. The van der Waals surface area contributed by atoms with Gasteiger partial charge in [-0.3, -0.25) is 4.79 Å². The number of nitrogens with zero attached hydrogens (tertiary/aromatic N) is 1. The van der Waals surface area contributed by atoms with Gasteiger partial charge in [0.2, 0.25) is 10.0 Å². The topological polar surface area (TPSA) is 94.9 Å². The molecule has 6 nitrogen and oxygen atoms in total. The first kappa shape index (κ1) is 14.0. The molecule has 0 aliphatic carbocycles. The molecule has 1 heterocycles. The average molecular weight is 285 g/mol. The second-order valence-corrected chi connectivity index (χ2v) is 6.93. The molecule has 1 aromatic carbocycles. The number of benzene rings is 1. The van der Waals surface area contributed by atoms with E-state index in [2.05, 4.69) is 0 Å². The van der Waals surface area contributed by atoms with Gasteiger partial charge in [-0.1, -0.05) is 12.1 Å². The fourth-order valence-electron chi connectivity index (χ4n) is 2.02. The van der Waals surface area contributed by atoms with Crippen molar-refractivity contribution in [3.8, 4) is 0 Å². The van der Waals surface area contributed by atoms with Gasteiger partial charge in [-0.25, -0.2) is 8.42 Å². The Balaban J connectivity index is 2.24. The van der Waals surface area contributed by atoms with Crippen LogP contribution in [0.1, 0.15) is 12.5 Å². The second kappa shape index (κ2) is 4.59. The summed E-state index contributed by atoms with van der Waals surface area (Å²) < 4.78 is 25.6. The van der Waals surface area contributed by atoms with Crippen molar-refractivity contribution in [1.82, 2.24) is 4.31 Å². The summed E-state index contributed by atoms with van der Waals surface area (Å²) in [6.07, 6.45) is -0.221. The van der Waals surface area contributed by atoms with Gasteiger partial charge < -0.3 is 10.2 Å². The van der Waals surface area contributed by atoms with Crippen molar-refractivity contribution in [2.45, 2.75) is 23.8 Å². The number of β-amino-alcohol motifs (C(OH)–C–C–N with tert-alkyl or cyclic N) is 1. The van der Waals surface area contributed by atoms with E-state index in [0.29, 0.717) is 5.56 Å². The third-order valence-corrected chi connectivity index (χ3v) is 4.71. The zero-order chi connectivity index (χ0) is 14.3. The molecule has 7 heteroatoms. The molecule has 2 rings (SSSR count). The van der Waals surface area contributed by atoms with E-state index in [4.69, 9.17) is 5.11 Å². The van der Waals surface area contributed by atoms with Gasteiger partial charge in [0.25, 0.3) is 0 Å². The van der Waals surface area contributed by atoms with Crippen LogP contribution in [0.2, 0.25) is 0 Å². The molecule has 1 fully saturated rings. The van der Waals surface area contributed by atoms with E-state index in [9.17, 15) is 18.3 Å². The Morgan fingerprint density at radius 1 is 1.42 bits per heavy atom. The highest BCUT2D eigenvalue weighted by Crippen LogP contribution is 2.27. The number of aliphatic carboxylic acids is 1. The molecule has 0 saturated carbocycles. The number of rotatable bonds is 4. The standard InChI is InChI=1S/C12H15NO5S/c1-12(16)7-13(8-12)19(17,18)10-4-2-3-9(5-10)6-11(14)15/h2-5,16H,6-8H2,1H3,(H,14,15). The van der Waals surface area contributed by atoms with Crippen molar-refractivity contribution in [3.63, 3.8) is 0 Å². The third kappa shape index (κ3) is 2.94. The smallest absolute Gasteiger partial charge is 0.307 e. The second-order valence-electron chi connectivity index (χ2n) is 4.99. The molecule has 1 saturated heterocycles.